The van der Waals surface area contributed by atoms with E-state index in [2.05, 4.69) is 34.3 Å². The molecule has 5 rings (SSSR count). The van der Waals surface area contributed by atoms with Crippen molar-refractivity contribution >= 4 is 33.6 Å². The van der Waals surface area contributed by atoms with E-state index in [9.17, 15) is 9.59 Å². The zero-order valence-corrected chi connectivity index (χ0v) is 17.5. The summed E-state index contributed by atoms with van der Waals surface area (Å²) in [6.07, 6.45) is 1.61. The van der Waals surface area contributed by atoms with Crippen molar-refractivity contribution in [1.82, 2.24) is 9.97 Å². The van der Waals surface area contributed by atoms with Gasteiger partial charge in [-0.3, -0.25) is 4.79 Å². The van der Waals surface area contributed by atoms with E-state index >= 15 is 0 Å². The van der Waals surface area contributed by atoms with Gasteiger partial charge in [-0.05, 0) is 60.9 Å². The Kier molecular flexibility index (Phi) is 5.03. The number of aryl methyl sites for hydroxylation is 3. The van der Waals surface area contributed by atoms with Crippen molar-refractivity contribution in [3.63, 3.8) is 0 Å². The van der Waals surface area contributed by atoms with Crippen LogP contribution < -0.4 is 10.9 Å². The molecule has 158 valence electrons. The first-order valence-electron chi connectivity index (χ1n) is 10.4. The Morgan fingerprint density at radius 1 is 1.00 bits per heavy atom. The molecule has 2 N–H and O–H groups in total. The molecule has 0 unspecified atom stereocenters. The number of nitrogens with one attached hydrogen (secondary N) is 2. The molecule has 0 spiro atoms. The Morgan fingerprint density at radius 3 is 2.66 bits per heavy atom. The zero-order chi connectivity index (χ0) is 22.1. The number of imidazole rings is 1. The van der Waals surface area contributed by atoms with E-state index in [4.69, 9.17) is 4.42 Å². The van der Waals surface area contributed by atoms with Crippen LogP contribution in [-0.2, 0) is 12.8 Å². The number of aromatic nitrogens is 2. The van der Waals surface area contributed by atoms with Gasteiger partial charge in [0.15, 0.2) is 0 Å². The van der Waals surface area contributed by atoms with Gasteiger partial charge in [0.1, 0.15) is 17.0 Å². The van der Waals surface area contributed by atoms with Crippen molar-refractivity contribution in [2.24, 2.45) is 0 Å². The summed E-state index contributed by atoms with van der Waals surface area (Å²) < 4.78 is 5.25. The van der Waals surface area contributed by atoms with Crippen LogP contribution in [0, 0.1) is 6.92 Å². The molecule has 0 saturated carbocycles. The molecule has 2 aromatic heterocycles. The number of nitrogens with zero attached hydrogens (tertiary/aromatic N) is 1. The predicted octanol–water partition coefficient (Wildman–Crippen LogP) is 5.02. The van der Waals surface area contributed by atoms with Gasteiger partial charge in [-0.25, -0.2) is 9.78 Å². The van der Waals surface area contributed by atoms with Gasteiger partial charge < -0.3 is 14.7 Å². The zero-order valence-electron chi connectivity index (χ0n) is 17.5. The highest BCUT2D eigenvalue weighted by Gasteiger charge is 2.14. The summed E-state index contributed by atoms with van der Waals surface area (Å²) in [5.41, 5.74) is 4.75. The molecule has 2 heterocycles. The fraction of sp³-hybridized carbons (Fsp3) is 0.115. The Hall–Kier alpha value is -4.19. The fourth-order valence-corrected chi connectivity index (χ4v) is 3.73. The molecule has 0 aliphatic heterocycles. The third-order valence-electron chi connectivity index (χ3n) is 5.43. The molecule has 6 nitrogen and oxygen atoms in total. The molecule has 0 aliphatic rings. The lowest BCUT2D eigenvalue weighted by Gasteiger charge is -2.06. The van der Waals surface area contributed by atoms with Crippen molar-refractivity contribution in [3.05, 3.63) is 106 Å². The summed E-state index contributed by atoms with van der Waals surface area (Å²) >= 11 is 0. The number of para-hydroxylation sites is 1. The SMILES string of the molecule is Cc1ccc2nc(CCc3ccc(NC(=O)c4cc5ccccc5oc4=O)cc3)[nH]c2c1. The van der Waals surface area contributed by atoms with Gasteiger partial charge in [0.25, 0.3) is 5.91 Å². The molecule has 0 bridgehead atoms. The lowest BCUT2D eigenvalue weighted by molar-refractivity contribution is 0.102. The van der Waals surface area contributed by atoms with Crippen LogP contribution in [0.25, 0.3) is 22.0 Å². The Morgan fingerprint density at radius 2 is 1.81 bits per heavy atom. The van der Waals surface area contributed by atoms with Crippen LogP contribution in [0.1, 0.15) is 27.3 Å². The van der Waals surface area contributed by atoms with Gasteiger partial charge >= 0.3 is 5.63 Å². The number of H-pyrrole nitrogens is 1. The number of benzene rings is 3. The van der Waals surface area contributed by atoms with Crippen molar-refractivity contribution in [1.29, 1.82) is 0 Å². The quantitative estimate of drug-likeness (QED) is 0.389. The molecule has 32 heavy (non-hydrogen) atoms. The normalized spacial score (nSPS) is 11.2. The molecule has 0 saturated heterocycles. The standard InChI is InChI=1S/C26H21N3O3/c1-16-6-12-21-22(14-16)29-24(28-21)13-9-17-7-10-19(11-8-17)27-25(30)20-15-18-4-2-3-5-23(18)32-26(20)31/h2-8,10-12,14-15H,9,13H2,1H3,(H,27,30)(H,28,29). The summed E-state index contributed by atoms with van der Waals surface area (Å²) in [7, 11) is 0. The minimum Gasteiger partial charge on any atom is -0.422 e. The maximum Gasteiger partial charge on any atom is 0.349 e. The van der Waals surface area contributed by atoms with Crippen molar-refractivity contribution in [2.75, 3.05) is 5.32 Å². The third-order valence-corrected chi connectivity index (χ3v) is 5.43. The summed E-state index contributed by atoms with van der Waals surface area (Å²) in [5.74, 6) is 0.459. The van der Waals surface area contributed by atoms with Crippen LogP contribution in [0.5, 0.6) is 0 Å². The first-order chi connectivity index (χ1) is 15.5. The van der Waals surface area contributed by atoms with Gasteiger partial charge in [0.05, 0.1) is 11.0 Å². The lowest BCUT2D eigenvalue weighted by Crippen LogP contribution is -2.20. The van der Waals surface area contributed by atoms with Gasteiger partial charge in [0.2, 0.25) is 0 Å². The molecular weight excluding hydrogens is 402 g/mol. The molecule has 5 aromatic rings. The first kappa shape index (κ1) is 19.8. The summed E-state index contributed by atoms with van der Waals surface area (Å²) in [6, 6.07) is 22.4. The number of carbonyl (C=O) groups excluding carboxylic acids is 1. The number of amides is 1. The molecule has 0 atom stereocenters. The first-order valence-corrected chi connectivity index (χ1v) is 10.4. The highest BCUT2D eigenvalue weighted by Crippen LogP contribution is 2.17. The van der Waals surface area contributed by atoms with E-state index in [0.29, 0.717) is 16.7 Å². The van der Waals surface area contributed by atoms with Crippen molar-refractivity contribution in [2.45, 2.75) is 19.8 Å². The van der Waals surface area contributed by atoms with Crippen LogP contribution in [-0.4, -0.2) is 15.9 Å². The lowest BCUT2D eigenvalue weighted by atomic mass is 10.1. The predicted molar refractivity (Wildman–Crippen MR) is 125 cm³/mol. The van der Waals surface area contributed by atoms with Gasteiger partial charge in [-0.2, -0.15) is 0 Å². The van der Waals surface area contributed by atoms with E-state index < -0.39 is 11.5 Å². The second kappa shape index (κ2) is 8.15. The molecule has 3 aromatic carbocycles. The summed E-state index contributed by atoms with van der Waals surface area (Å²) in [4.78, 5) is 32.8. The van der Waals surface area contributed by atoms with Crippen LogP contribution in [0.15, 0.2) is 82.0 Å². The van der Waals surface area contributed by atoms with E-state index in [-0.39, 0.29) is 5.56 Å². The van der Waals surface area contributed by atoms with Crippen molar-refractivity contribution in [3.8, 4) is 0 Å². The number of rotatable bonds is 5. The third kappa shape index (κ3) is 4.03. The van der Waals surface area contributed by atoms with E-state index in [0.717, 1.165) is 35.3 Å². The van der Waals surface area contributed by atoms with Gasteiger partial charge in [0, 0.05) is 17.5 Å². The number of aromatic amines is 1. The van der Waals surface area contributed by atoms with E-state index in [1.54, 1.807) is 24.3 Å². The fourth-order valence-electron chi connectivity index (χ4n) is 3.73. The average Bonchev–Trinajstić information content (AvgIpc) is 3.20. The Balaban J connectivity index is 1.25. The highest BCUT2D eigenvalue weighted by molar-refractivity contribution is 6.05. The monoisotopic (exact) mass is 423 g/mol. The topological polar surface area (TPSA) is 88.0 Å². The molecule has 6 heteroatoms. The number of carbonyl (C=O) groups is 1. The Bertz CT molecular complexity index is 1500. The van der Waals surface area contributed by atoms with Crippen LogP contribution in [0.2, 0.25) is 0 Å². The molecule has 1 amide bonds. The highest BCUT2D eigenvalue weighted by atomic mass is 16.4. The summed E-state index contributed by atoms with van der Waals surface area (Å²) in [5, 5.41) is 3.47. The molecular formula is C26H21N3O3. The Labute approximate surface area is 183 Å². The van der Waals surface area contributed by atoms with Crippen LogP contribution in [0.4, 0.5) is 5.69 Å². The van der Waals surface area contributed by atoms with Gasteiger partial charge in [-0.1, -0.05) is 36.4 Å². The second-order valence-electron chi connectivity index (χ2n) is 7.84. The van der Waals surface area contributed by atoms with E-state index in [1.807, 2.05) is 36.4 Å². The maximum absolute atomic E-state index is 12.6. The summed E-state index contributed by atoms with van der Waals surface area (Å²) in [6.45, 7) is 2.06. The number of fused-ring (bicyclic) bond motifs is 2. The minimum atomic E-state index is -0.654. The number of hydrogen-bond donors (Lipinski definition) is 2. The molecule has 0 radical (unpaired) electrons. The van der Waals surface area contributed by atoms with Crippen LogP contribution in [0.3, 0.4) is 0 Å². The largest absolute Gasteiger partial charge is 0.422 e. The van der Waals surface area contributed by atoms with Crippen LogP contribution >= 0.6 is 0 Å². The number of hydrogen-bond acceptors (Lipinski definition) is 4. The minimum absolute atomic E-state index is 0.0205. The van der Waals surface area contributed by atoms with E-state index in [1.165, 1.54) is 5.56 Å². The smallest absolute Gasteiger partial charge is 0.349 e. The number of anilines is 1. The second-order valence-corrected chi connectivity index (χ2v) is 7.84. The molecule has 0 aliphatic carbocycles. The maximum atomic E-state index is 12.6. The van der Waals surface area contributed by atoms with Crippen molar-refractivity contribution < 1.29 is 9.21 Å². The average molecular weight is 423 g/mol. The van der Waals surface area contributed by atoms with Gasteiger partial charge in [-0.15, -0.1) is 0 Å². The molecule has 0 fully saturated rings.